The van der Waals surface area contributed by atoms with Crippen LogP contribution in [-0.4, -0.2) is 29.5 Å². The summed E-state index contributed by atoms with van der Waals surface area (Å²) in [5.41, 5.74) is 6.71. The van der Waals surface area contributed by atoms with Crippen molar-refractivity contribution in [3.05, 3.63) is 98.8 Å². The Hall–Kier alpha value is -1.30. The Morgan fingerprint density at radius 1 is 0.767 bits per heavy atom. The van der Waals surface area contributed by atoms with Crippen molar-refractivity contribution in [3.8, 4) is 0 Å². The number of aldehydes is 1. The van der Waals surface area contributed by atoms with Crippen LogP contribution in [-0.2, 0) is 22.3 Å². The summed E-state index contributed by atoms with van der Waals surface area (Å²) in [5.74, 6) is 0.362. The number of rotatable bonds is 4. The van der Waals surface area contributed by atoms with E-state index in [1.54, 1.807) is 0 Å². The summed E-state index contributed by atoms with van der Waals surface area (Å²) < 4.78 is 12.6. The molecule has 3 aliphatic rings. The highest BCUT2D eigenvalue weighted by Crippen LogP contribution is 2.45. The highest BCUT2D eigenvalue weighted by atomic mass is 35.5. The molecule has 1 saturated heterocycles. The van der Waals surface area contributed by atoms with Crippen LogP contribution in [0.15, 0.2) is 36.4 Å². The fourth-order valence-electron chi connectivity index (χ4n) is 5.83. The van der Waals surface area contributed by atoms with E-state index in [0.717, 1.165) is 76.5 Å². The van der Waals surface area contributed by atoms with Gasteiger partial charge in [0.15, 0.2) is 12.6 Å². The van der Waals surface area contributed by atoms with E-state index in [2.05, 4.69) is 39.1 Å². The number of aryl methyl sites for hydroxylation is 2. The predicted octanol–water partition coefficient (Wildman–Crippen LogP) is 9.79. The van der Waals surface area contributed by atoms with E-state index in [-0.39, 0.29) is 18.1 Å². The maximum absolute atomic E-state index is 10.9. The maximum Gasteiger partial charge on any atom is 0.193 e. The molecule has 6 nitrogen and oxygen atoms in total. The topological polar surface area (TPSA) is 87.3 Å². The van der Waals surface area contributed by atoms with Crippen LogP contribution in [0.5, 0.6) is 0 Å². The second-order valence-electron chi connectivity index (χ2n) is 10.2. The summed E-state index contributed by atoms with van der Waals surface area (Å²) in [4.78, 5) is 21.6. The van der Waals surface area contributed by atoms with Gasteiger partial charge in [-0.1, -0.05) is 58.5 Å². The number of hydrogen-bond acceptors (Lipinski definition) is 8. The third-order valence-corrected chi connectivity index (χ3v) is 10.8. The van der Waals surface area contributed by atoms with E-state index in [0.29, 0.717) is 32.7 Å². The Balaban J connectivity index is 0.000000164. The molecule has 13 heteroatoms. The standard InChI is InChI=1S/C16H15Cl2NO2S.C14H11Cl2NOS.ClH2N/c17-13-5-4-9-2-1-3-10(14(9)19-13)11-8-12(22-15(11)18)16-20-6-7-21-16;15-12-5-4-8-2-1-3-10(13(8)17-12)11-6-9(7-18)19-14(11)16;1-2/h4-5,8,10,16H,1-3,6-7H2;4-7,10H,1-3H2;2H2. The van der Waals surface area contributed by atoms with Crippen LogP contribution < -0.4 is 5.25 Å². The number of hydrogen-bond donors (Lipinski definition) is 1. The Morgan fingerprint density at radius 2 is 1.28 bits per heavy atom. The van der Waals surface area contributed by atoms with Gasteiger partial charge in [0.2, 0.25) is 0 Å². The number of fused-ring (bicyclic) bond motifs is 2. The minimum Gasteiger partial charge on any atom is -0.345 e. The Bertz CT molecular complexity index is 1570. The van der Waals surface area contributed by atoms with Gasteiger partial charge in [0.1, 0.15) is 10.3 Å². The van der Waals surface area contributed by atoms with Gasteiger partial charge in [-0.05, 0) is 96.8 Å². The van der Waals surface area contributed by atoms with Crippen molar-refractivity contribution in [2.45, 2.75) is 56.7 Å². The molecule has 4 aromatic heterocycles. The van der Waals surface area contributed by atoms with Crippen LogP contribution in [0.3, 0.4) is 0 Å². The zero-order valence-corrected chi connectivity index (χ0v) is 28.2. The highest BCUT2D eigenvalue weighted by Gasteiger charge is 2.30. The molecule has 0 aromatic carbocycles. The van der Waals surface area contributed by atoms with Crippen LogP contribution in [0.1, 0.15) is 92.0 Å². The Kier molecular flexibility index (Phi) is 11.8. The molecule has 0 amide bonds. The number of ether oxygens (including phenoxy) is 2. The lowest BCUT2D eigenvalue weighted by molar-refractivity contribution is -0.0413. The van der Waals surface area contributed by atoms with Gasteiger partial charge in [-0.25, -0.2) is 15.2 Å². The number of halogens is 5. The number of thiophene rings is 2. The average Bonchev–Trinajstić information content (AvgIpc) is 3.78. The van der Waals surface area contributed by atoms with E-state index >= 15 is 0 Å². The van der Waals surface area contributed by atoms with Crippen LogP contribution >= 0.6 is 80.9 Å². The number of aromatic nitrogens is 2. The van der Waals surface area contributed by atoms with Crippen molar-refractivity contribution in [2.75, 3.05) is 13.2 Å². The highest BCUT2D eigenvalue weighted by molar-refractivity contribution is 7.18. The largest absolute Gasteiger partial charge is 0.345 e. The minimum absolute atomic E-state index is 0.153. The summed E-state index contributed by atoms with van der Waals surface area (Å²) in [5, 5.41) is 5.02. The van der Waals surface area contributed by atoms with Crippen molar-refractivity contribution < 1.29 is 14.3 Å². The van der Waals surface area contributed by atoms with Crippen molar-refractivity contribution in [3.63, 3.8) is 0 Å². The van der Waals surface area contributed by atoms with Gasteiger partial charge in [0.05, 0.1) is 43.0 Å². The first kappa shape index (κ1) is 33.1. The second-order valence-corrected chi connectivity index (χ2v) is 14.3. The van der Waals surface area contributed by atoms with E-state index in [1.165, 1.54) is 33.8 Å². The first-order chi connectivity index (χ1) is 20.9. The third-order valence-electron chi connectivity index (χ3n) is 7.68. The number of carbonyl (C=O) groups is 1. The van der Waals surface area contributed by atoms with Crippen molar-refractivity contribution in [1.29, 1.82) is 0 Å². The van der Waals surface area contributed by atoms with Gasteiger partial charge >= 0.3 is 0 Å². The van der Waals surface area contributed by atoms with Crippen molar-refractivity contribution >= 4 is 87.1 Å². The minimum atomic E-state index is -0.272. The molecule has 0 saturated carbocycles. The van der Waals surface area contributed by atoms with E-state index in [9.17, 15) is 4.79 Å². The molecule has 2 unspecified atom stereocenters. The zero-order valence-electron chi connectivity index (χ0n) is 22.8. The van der Waals surface area contributed by atoms with E-state index in [4.69, 9.17) is 55.9 Å². The lowest BCUT2D eigenvalue weighted by Gasteiger charge is -2.24. The van der Waals surface area contributed by atoms with Gasteiger partial charge in [-0.15, -0.1) is 22.7 Å². The summed E-state index contributed by atoms with van der Waals surface area (Å²) >= 11 is 31.9. The molecule has 43 heavy (non-hydrogen) atoms. The van der Waals surface area contributed by atoms with Crippen LogP contribution in [0.4, 0.5) is 0 Å². The fraction of sp³-hybridized carbons (Fsp3) is 0.367. The smallest absolute Gasteiger partial charge is 0.193 e. The molecule has 5 heterocycles. The average molecular weight is 720 g/mol. The van der Waals surface area contributed by atoms with E-state index in [1.807, 2.05) is 24.3 Å². The number of nitrogens with zero attached hydrogens (tertiary/aromatic N) is 2. The molecule has 0 bridgehead atoms. The number of nitrogens with two attached hydrogens (primary N) is 1. The van der Waals surface area contributed by atoms with E-state index < -0.39 is 0 Å². The zero-order chi connectivity index (χ0) is 30.5. The molecule has 7 rings (SSSR count). The fourth-order valence-corrected chi connectivity index (χ4v) is 8.75. The summed E-state index contributed by atoms with van der Waals surface area (Å²) in [6, 6.07) is 11.8. The number of carbonyl (C=O) groups excluding carboxylic acids is 1. The molecule has 0 radical (unpaired) electrons. The predicted molar refractivity (Wildman–Crippen MR) is 177 cm³/mol. The summed E-state index contributed by atoms with van der Waals surface area (Å²) in [7, 11) is 0. The van der Waals surface area contributed by atoms with Gasteiger partial charge in [-0.3, -0.25) is 4.79 Å². The number of pyridine rings is 2. The van der Waals surface area contributed by atoms with Crippen LogP contribution in [0, 0.1) is 0 Å². The molecule has 4 aromatic rings. The van der Waals surface area contributed by atoms with Gasteiger partial charge in [0, 0.05) is 11.8 Å². The van der Waals surface area contributed by atoms with Gasteiger partial charge < -0.3 is 9.47 Å². The molecule has 2 atom stereocenters. The van der Waals surface area contributed by atoms with Crippen molar-refractivity contribution in [1.82, 2.24) is 9.97 Å². The molecule has 1 aliphatic heterocycles. The van der Waals surface area contributed by atoms with Crippen LogP contribution in [0.25, 0.3) is 0 Å². The van der Waals surface area contributed by atoms with Crippen LogP contribution in [0.2, 0.25) is 19.0 Å². The first-order valence-electron chi connectivity index (χ1n) is 13.7. The molecule has 228 valence electrons. The molecular weight excluding hydrogens is 692 g/mol. The summed E-state index contributed by atoms with van der Waals surface area (Å²) in [6.07, 6.45) is 6.93. The molecular formula is C30H28Cl5N3O3S2. The monoisotopic (exact) mass is 717 g/mol. The first-order valence-corrected chi connectivity index (χ1v) is 17.3. The maximum atomic E-state index is 10.9. The quantitative estimate of drug-likeness (QED) is 0.128. The molecule has 2 aliphatic carbocycles. The van der Waals surface area contributed by atoms with Crippen molar-refractivity contribution in [2.24, 2.45) is 5.25 Å². The second kappa shape index (κ2) is 15.3. The molecule has 2 N–H and O–H groups in total. The molecule has 0 spiro atoms. The van der Waals surface area contributed by atoms with Gasteiger partial charge in [0.25, 0.3) is 0 Å². The normalized spacial score (nSPS) is 19.4. The Morgan fingerprint density at radius 3 is 1.79 bits per heavy atom. The SMILES string of the molecule is Clc1ccc2c(n1)C(c1cc(C3OCCO3)sc1Cl)CCC2.NCl.O=Cc1cc(C2CCCc3ccc(Cl)nc32)c(Cl)s1. The lowest BCUT2D eigenvalue weighted by Crippen LogP contribution is -2.13. The molecule has 1 fully saturated rings. The Labute approximate surface area is 283 Å². The third kappa shape index (κ3) is 7.58. The van der Waals surface area contributed by atoms with Gasteiger partial charge in [-0.2, -0.15) is 0 Å². The lowest BCUT2D eigenvalue weighted by atomic mass is 9.83. The summed E-state index contributed by atoms with van der Waals surface area (Å²) in [6.45, 7) is 1.28.